The molecule has 3 aliphatic heterocycles. The maximum Gasteiger partial charge on any atom is 0.252 e. The molecule has 4 aliphatic rings. The highest BCUT2D eigenvalue weighted by Crippen LogP contribution is 2.37. The van der Waals surface area contributed by atoms with Gasteiger partial charge < -0.3 is 15.4 Å². The van der Waals surface area contributed by atoms with Crippen molar-refractivity contribution in [2.45, 2.75) is 50.6 Å². The predicted molar refractivity (Wildman–Crippen MR) is 127 cm³/mol. The van der Waals surface area contributed by atoms with Crippen LogP contribution >= 0.6 is 0 Å². The van der Waals surface area contributed by atoms with Crippen molar-refractivity contribution in [3.8, 4) is 11.8 Å². The van der Waals surface area contributed by atoms with E-state index in [9.17, 15) is 10.1 Å². The number of carbonyl (C=O) groups excluding carboxylic acids is 1. The minimum Gasteiger partial charge on any atom is -0.492 e. The summed E-state index contributed by atoms with van der Waals surface area (Å²) in [5.41, 5.74) is 6.26. The summed E-state index contributed by atoms with van der Waals surface area (Å²) < 4.78 is 6.18. The zero-order valence-electron chi connectivity index (χ0n) is 18.9. The standard InChI is InChI=1S/C27H30N4O2/c28-12-18-5-7-24-22(10-18)19(13-29-24)2-1-9-31(15-17-3-4-17)21-11-23-25(33-16-21)8-6-20-14-30-27(32)26(20)23/h5-8,10,17,19,21,29H,1-4,9,11,13-16H2,(H,30,32). The Balaban J connectivity index is 1.14. The second-order valence-corrected chi connectivity index (χ2v) is 10.0. The molecule has 2 atom stereocenters. The van der Waals surface area contributed by atoms with Crippen LogP contribution in [0.2, 0.25) is 0 Å². The highest BCUT2D eigenvalue weighted by Gasteiger charge is 2.34. The van der Waals surface area contributed by atoms with Crippen molar-refractivity contribution >= 4 is 11.6 Å². The first-order valence-electron chi connectivity index (χ1n) is 12.3. The lowest BCUT2D eigenvalue weighted by Gasteiger charge is -2.36. The predicted octanol–water partition coefficient (Wildman–Crippen LogP) is 3.81. The van der Waals surface area contributed by atoms with E-state index in [1.54, 1.807) is 0 Å². The highest BCUT2D eigenvalue weighted by atomic mass is 16.5. The number of hydrogen-bond donors (Lipinski definition) is 2. The summed E-state index contributed by atoms with van der Waals surface area (Å²) in [4.78, 5) is 15.1. The number of nitrogens with one attached hydrogen (secondary N) is 2. The van der Waals surface area contributed by atoms with Crippen LogP contribution in [0.5, 0.6) is 5.75 Å². The molecule has 0 radical (unpaired) electrons. The first-order valence-corrected chi connectivity index (χ1v) is 12.3. The van der Waals surface area contributed by atoms with Crippen LogP contribution in [0.15, 0.2) is 30.3 Å². The second kappa shape index (κ2) is 8.39. The lowest BCUT2D eigenvalue weighted by Crippen LogP contribution is -2.45. The minimum atomic E-state index is 0.0454. The van der Waals surface area contributed by atoms with E-state index in [1.165, 1.54) is 24.1 Å². The largest absolute Gasteiger partial charge is 0.492 e. The van der Waals surface area contributed by atoms with Crippen molar-refractivity contribution in [1.29, 1.82) is 5.26 Å². The third-order valence-electron chi connectivity index (χ3n) is 7.76. The highest BCUT2D eigenvalue weighted by molar-refractivity contribution is 6.00. The molecule has 6 rings (SSSR count). The van der Waals surface area contributed by atoms with Crippen molar-refractivity contribution in [3.05, 3.63) is 58.1 Å². The molecule has 2 aromatic carbocycles. The molecule has 1 amide bonds. The Morgan fingerprint density at radius 1 is 1.18 bits per heavy atom. The smallest absolute Gasteiger partial charge is 0.252 e. The molecule has 0 aromatic heterocycles. The number of nitriles is 1. The van der Waals surface area contributed by atoms with Crippen LogP contribution in [0, 0.1) is 17.2 Å². The topological polar surface area (TPSA) is 77.4 Å². The molecule has 0 bridgehead atoms. The van der Waals surface area contributed by atoms with Gasteiger partial charge in [0.25, 0.3) is 5.91 Å². The average Bonchev–Trinajstić information content (AvgIpc) is 3.46. The molecule has 2 aromatic rings. The zero-order valence-corrected chi connectivity index (χ0v) is 18.9. The summed E-state index contributed by atoms with van der Waals surface area (Å²) in [5, 5.41) is 15.7. The minimum absolute atomic E-state index is 0.0454. The monoisotopic (exact) mass is 442 g/mol. The van der Waals surface area contributed by atoms with Crippen molar-refractivity contribution in [2.24, 2.45) is 5.92 Å². The Hall–Kier alpha value is -3.04. The number of rotatable bonds is 7. The maximum absolute atomic E-state index is 12.5. The summed E-state index contributed by atoms with van der Waals surface area (Å²) >= 11 is 0. The van der Waals surface area contributed by atoms with Gasteiger partial charge in [0.1, 0.15) is 12.4 Å². The Morgan fingerprint density at radius 3 is 2.94 bits per heavy atom. The molecular formula is C27H30N4O2. The maximum atomic E-state index is 12.5. The van der Waals surface area contributed by atoms with Gasteiger partial charge in [-0.25, -0.2) is 0 Å². The fraction of sp³-hybridized carbons (Fsp3) is 0.481. The number of benzene rings is 2. The summed E-state index contributed by atoms with van der Waals surface area (Å²) in [7, 11) is 0. The molecule has 1 aliphatic carbocycles. The Labute approximate surface area is 194 Å². The van der Waals surface area contributed by atoms with Gasteiger partial charge in [-0.15, -0.1) is 0 Å². The van der Waals surface area contributed by atoms with Crippen molar-refractivity contribution in [1.82, 2.24) is 10.2 Å². The molecule has 2 unspecified atom stereocenters. The van der Waals surface area contributed by atoms with Gasteiger partial charge in [-0.1, -0.05) is 6.07 Å². The molecule has 33 heavy (non-hydrogen) atoms. The van der Waals surface area contributed by atoms with E-state index in [1.807, 2.05) is 24.3 Å². The first kappa shape index (κ1) is 20.6. The molecule has 1 fully saturated rings. The Morgan fingerprint density at radius 2 is 2.09 bits per heavy atom. The molecule has 170 valence electrons. The quantitative estimate of drug-likeness (QED) is 0.682. The lowest BCUT2D eigenvalue weighted by molar-refractivity contribution is 0.0953. The van der Waals surface area contributed by atoms with Crippen molar-refractivity contribution in [3.63, 3.8) is 0 Å². The van der Waals surface area contributed by atoms with Crippen LogP contribution in [0.25, 0.3) is 0 Å². The van der Waals surface area contributed by atoms with Crippen molar-refractivity contribution in [2.75, 3.05) is 31.6 Å². The van der Waals surface area contributed by atoms with E-state index >= 15 is 0 Å². The number of fused-ring (bicyclic) bond motifs is 4. The molecule has 1 saturated carbocycles. The van der Waals surface area contributed by atoms with Gasteiger partial charge in [-0.3, -0.25) is 9.69 Å². The number of carbonyl (C=O) groups is 1. The Kier molecular flexibility index (Phi) is 5.22. The van der Waals surface area contributed by atoms with E-state index < -0.39 is 0 Å². The van der Waals surface area contributed by atoms with Crippen LogP contribution in [0.4, 0.5) is 5.69 Å². The Bertz CT molecular complexity index is 1130. The fourth-order valence-corrected chi connectivity index (χ4v) is 5.75. The molecule has 3 heterocycles. The third-order valence-corrected chi connectivity index (χ3v) is 7.76. The van der Waals surface area contributed by atoms with Crippen LogP contribution in [0.1, 0.15) is 64.2 Å². The van der Waals surface area contributed by atoms with Gasteiger partial charge in [0, 0.05) is 42.8 Å². The fourth-order valence-electron chi connectivity index (χ4n) is 5.75. The molecule has 2 N–H and O–H groups in total. The van der Waals surface area contributed by atoms with Gasteiger partial charge in [0.05, 0.1) is 17.2 Å². The van der Waals surface area contributed by atoms with Gasteiger partial charge in [0.15, 0.2) is 0 Å². The van der Waals surface area contributed by atoms with E-state index in [0.717, 1.165) is 72.8 Å². The summed E-state index contributed by atoms with van der Waals surface area (Å²) in [6.07, 6.45) is 5.77. The second-order valence-electron chi connectivity index (χ2n) is 10.0. The van der Waals surface area contributed by atoms with E-state index in [2.05, 4.69) is 27.7 Å². The number of amides is 1. The number of ether oxygens (including phenoxy) is 1. The number of nitrogens with zero attached hydrogens (tertiary/aromatic N) is 2. The van der Waals surface area contributed by atoms with Gasteiger partial charge in [-0.2, -0.15) is 5.26 Å². The molecule has 6 heteroatoms. The molecule has 6 nitrogen and oxygen atoms in total. The molecule has 0 spiro atoms. The number of hydrogen-bond acceptors (Lipinski definition) is 5. The summed E-state index contributed by atoms with van der Waals surface area (Å²) in [6, 6.07) is 12.6. The van der Waals surface area contributed by atoms with E-state index in [4.69, 9.17) is 4.74 Å². The number of anilines is 1. The lowest BCUT2D eigenvalue weighted by atomic mass is 9.92. The SMILES string of the molecule is N#Cc1ccc2c(c1)C(CCCN(CC1CC1)C1COc3ccc4c(c3C1)C(=O)NC4)CN2. The van der Waals surface area contributed by atoms with Crippen LogP contribution in [0.3, 0.4) is 0 Å². The van der Waals surface area contributed by atoms with E-state index in [-0.39, 0.29) is 5.91 Å². The van der Waals surface area contributed by atoms with Crippen LogP contribution < -0.4 is 15.4 Å². The normalized spacial score (nSPS) is 22.6. The molecular weight excluding hydrogens is 412 g/mol. The van der Waals surface area contributed by atoms with E-state index in [0.29, 0.717) is 25.1 Å². The summed E-state index contributed by atoms with van der Waals surface area (Å²) in [5.74, 6) is 2.20. The third kappa shape index (κ3) is 3.95. The van der Waals surface area contributed by atoms with Gasteiger partial charge >= 0.3 is 0 Å². The first-order chi connectivity index (χ1) is 16.2. The summed E-state index contributed by atoms with van der Waals surface area (Å²) in [6.45, 7) is 4.45. The zero-order chi connectivity index (χ0) is 22.4. The van der Waals surface area contributed by atoms with Gasteiger partial charge in [0.2, 0.25) is 0 Å². The molecule has 0 saturated heterocycles. The average molecular weight is 443 g/mol. The van der Waals surface area contributed by atoms with Crippen LogP contribution in [-0.4, -0.2) is 43.1 Å². The van der Waals surface area contributed by atoms with Crippen molar-refractivity contribution < 1.29 is 9.53 Å². The van der Waals surface area contributed by atoms with Gasteiger partial charge in [-0.05, 0) is 80.0 Å². The van der Waals surface area contributed by atoms with Crippen LogP contribution in [-0.2, 0) is 13.0 Å².